The molecule has 0 aliphatic rings. The van der Waals surface area contributed by atoms with Crippen LogP contribution in [0.3, 0.4) is 0 Å². The van der Waals surface area contributed by atoms with Gasteiger partial charge in [-0.3, -0.25) is 0 Å². The van der Waals surface area contributed by atoms with E-state index < -0.39 is 12.4 Å². The average molecular weight is 324 g/mol. The van der Waals surface area contributed by atoms with Crippen molar-refractivity contribution in [3.05, 3.63) is 0 Å². The molecule has 0 amide bonds. The van der Waals surface area contributed by atoms with E-state index in [0.717, 1.165) is 5.75 Å². The van der Waals surface area contributed by atoms with Crippen LogP contribution in [0.2, 0.25) is 17.1 Å². The van der Waals surface area contributed by atoms with Gasteiger partial charge in [-0.05, 0) is 0 Å². The van der Waals surface area contributed by atoms with Crippen molar-refractivity contribution in [2.75, 3.05) is 12.4 Å². The number of aliphatic hydroxyl groups is 1. The molecule has 0 saturated carbocycles. The first kappa shape index (κ1) is 13.2. The van der Waals surface area contributed by atoms with Crippen LogP contribution in [0.5, 0.6) is 0 Å². The molecule has 9 heavy (non-hydrogen) atoms. The first-order chi connectivity index (χ1) is 3.56. The topological polar surface area (TPSA) is 20.2 Å². The van der Waals surface area contributed by atoms with Crippen LogP contribution < -0.4 is 24.0 Å². The molecule has 0 atom stereocenters. The normalized spacial score (nSPS) is 10.7. The quantitative estimate of drug-likeness (QED) is 0.507. The Labute approximate surface area is 80.4 Å². The maximum absolute atomic E-state index is 8.44. The van der Waals surface area contributed by atoms with Gasteiger partial charge in [-0.15, -0.1) is 0 Å². The Hall–Kier alpha value is 1.60. The summed E-state index contributed by atoms with van der Waals surface area (Å²) >= 11 is -1.21. The molecule has 0 rings (SSSR count). The van der Waals surface area contributed by atoms with E-state index in [4.69, 9.17) is 5.11 Å². The largest absolute Gasteiger partial charge is 1.00 e. The van der Waals surface area contributed by atoms with E-state index in [1.807, 2.05) is 10.0 Å². The van der Waals surface area contributed by atoms with Gasteiger partial charge >= 0.3 is 57.0 Å². The third-order valence-corrected chi connectivity index (χ3v) is 7.73. The van der Waals surface area contributed by atoms with E-state index in [9.17, 15) is 0 Å². The van der Waals surface area contributed by atoms with Crippen LogP contribution in [-0.4, -0.2) is 29.9 Å². The predicted octanol–water partition coefficient (Wildman–Crippen LogP) is -1.45. The zero-order valence-corrected chi connectivity index (χ0v) is 10.9. The average Bonchev–Trinajstić information content (AvgIpc) is 1.59. The van der Waals surface area contributed by atoms with Crippen molar-refractivity contribution < 1.29 is 29.1 Å². The maximum atomic E-state index is 8.44. The number of rotatable bonds is 3. The van der Waals surface area contributed by atoms with Crippen LogP contribution in [0, 0.1) is 0 Å². The summed E-state index contributed by atoms with van der Waals surface area (Å²) in [5.41, 5.74) is 6.95. The fourth-order valence-electron chi connectivity index (χ4n) is 0.315. The smallest absolute Gasteiger partial charge is 1.00 e. The Bertz CT molecular complexity index is 64.5. The van der Waals surface area contributed by atoms with Crippen LogP contribution in [0.4, 0.5) is 0 Å². The van der Waals surface area contributed by atoms with E-state index >= 15 is 0 Å². The van der Waals surface area contributed by atoms with Gasteiger partial charge in [0.25, 0.3) is 0 Å². The minimum atomic E-state index is -1.21. The SMILES string of the molecule is C[As+](C)(C)SCCO.[I-]. The van der Waals surface area contributed by atoms with Crippen molar-refractivity contribution in [2.45, 2.75) is 17.1 Å². The number of hydrogen-bond acceptors (Lipinski definition) is 2. The molecular formula is C5H14AsIOS. The van der Waals surface area contributed by atoms with Crippen LogP contribution >= 0.6 is 10.0 Å². The van der Waals surface area contributed by atoms with Gasteiger partial charge in [0.1, 0.15) is 0 Å². The van der Waals surface area contributed by atoms with Crippen molar-refractivity contribution >= 4 is 22.4 Å². The molecule has 0 bridgehead atoms. The molecule has 0 aromatic carbocycles. The first-order valence-electron chi connectivity index (χ1n) is 2.63. The second-order valence-corrected chi connectivity index (χ2v) is 18.4. The van der Waals surface area contributed by atoms with E-state index in [1.165, 1.54) is 0 Å². The van der Waals surface area contributed by atoms with Gasteiger partial charge in [-0.1, -0.05) is 0 Å². The zero-order chi connectivity index (χ0) is 6.62. The Morgan fingerprint density at radius 2 is 1.78 bits per heavy atom. The second-order valence-electron chi connectivity index (χ2n) is 2.45. The standard InChI is InChI=1S/C5H14AsOS.HI/c1-6(2,3)8-5-4-7;/h7H,4-5H2,1-3H3;1H/q+1;/p-1. The fourth-order valence-corrected chi connectivity index (χ4v) is 4.91. The maximum Gasteiger partial charge on any atom is -1.00 e. The number of halogens is 1. The Morgan fingerprint density at radius 1 is 1.33 bits per heavy atom. The van der Waals surface area contributed by atoms with Gasteiger partial charge < -0.3 is 24.0 Å². The predicted molar refractivity (Wildman–Crippen MR) is 42.9 cm³/mol. The summed E-state index contributed by atoms with van der Waals surface area (Å²) in [6.07, 6.45) is 0. The second kappa shape index (κ2) is 6.32. The van der Waals surface area contributed by atoms with Crippen molar-refractivity contribution in [3.63, 3.8) is 0 Å². The molecule has 0 aromatic rings. The van der Waals surface area contributed by atoms with Crippen LogP contribution in [0.25, 0.3) is 0 Å². The van der Waals surface area contributed by atoms with Crippen molar-refractivity contribution in [1.29, 1.82) is 0 Å². The summed E-state index contributed by atoms with van der Waals surface area (Å²) in [7, 11) is 1.96. The van der Waals surface area contributed by atoms with E-state index in [0.29, 0.717) is 6.61 Å². The van der Waals surface area contributed by atoms with Gasteiger partial charge in [0.05, 0.1) is 0 Å². The molecule has 0 aliphatic heterocycles. The molecule has 0 fully saturated rings. The summed E-state index contributed by atoms with van der Waals surface area (Å²) in [6.45, 7) is 0.337. The summed E-state index contributed by atoms with van der Waals surface area (Å²) in [4.78, 5) is 0. The Morgan fingerprint density at radius 3 is 1.89 bits per heavy atom. The molecule has 58 valence electrons. The molecular weight excluding hydrogens is 310 g/mol. The van der Waals surface area contributed by atoms with Crippen molar-refractivity contribution in [2.24, 2.45) is 0 Å². The Kier molecular flexibility index (Phi) is 9.27. The molecule has 1 nitrogen and oxygen atoms in total. The first-order valence-corrected chi connectivity index (χ1v) is 11.5. The minimum Gasteiger partial charge on any atom is -1.00 e. The Balaban J connectivity index is 0. The van der Waals surface area contributed by atoms with Gasteiger partial charge in [0, 0.05) is 0 Å². The molecule has 0 radical (unpaired) electrons. The number of aliphatic hydroxyl groups excluding tert-OH is 1. The minimum absolute atomic E-state index is 0. The van der Waals surface area contributed by atoms with Crippen LogP contribution in [0.15, 0.2) is 0 Å². The van der Waals surface area contributed by atoms with Crippen LogP contribution in [0.1, 0.15) is 0 Å². The third-order valence-electron chi connectivity index (χ3n) is 0.570. The summed E-state index contributed by atoms with van der Waals surface area (Å²) in [5, 5.41) is 8.44. The molecule has 0 aliphatic carbocycles. The zero-order valence-electron chi connectivity index (χ0n) is 6.09. The number of hydrogen-bond donors (Lipinski definition) is 1. The molecule has 0 aromatic heterocycles. The van der Waals surface area contributed by atoms with E-state index in [-0.39, 0.29) is 24.0 Å². The third kappa shape index (κ3) is 12.7. The van der Waals surface area contributed by atoms with Crippen molar-refractivity contribution in [3.8, 4) is 0 Å². The monoisotopic (exact) mass is 324 g/mol. The summed E-state index contributed by atoms with van der Waals surface area (Å²) in [5.74, 6) is 0.927. The van der Waals surface area contributed by atoms with Gasteiger partial charge in [-0.25, -0.2) is 0 Å². The summed E-state index contributed by atoms with van der Waals surface area (Å²) < 4.78 is 0. The summed E-state index contributed by atoms with van der Waals surface area (Å²) in [6, 6.07) is 0. The van der Waals surface area contributed by atoms with Gasteiger partial charge in [0.2, 0.25) is 0 Å². The molecule has 0 spiro atoms. The molecule has 0 saturated heterocycles. The fraction of sp³-hybridized carbons (Fsp3) is 1.00. The van der Waals surface area contributed by atoms with Gasteiger partial charge in [0.15, 0.2) is 0 Å². The molecule has 1 N–H and O–H groups in total. The van der Waals surface area contributed by atoms with E-state index in [2.05, 4.69) is 17.1 Å². The van der Waals surface area contributed by atoms with E-state index in [1.54, 1.807) is 0 Å². The van der Waals surface area contributed by atoms with Crippen molar-refractivity contribution in [1.82, 2.24) is 0 Å². The molecule has 0 unspecified atom stereocenters. The molecule has 0 heterocycles. The van der Waals surface area contributed by atoms with Gasteiger partial charge in [-0.2, -0.15) is 0 Å². The van der Waals surface area contributed by atoms with Crippen LogP contribution in [-0.2, 0) is 0 Å². The molecule has 4 heteroatoms.